The van der Waals surface area contributed by atoms with Crippen LogP contribution in [0.1, 0.15) is 22.3 Å². The van der Waals surface area contributed by atoms with E-state index in [-0.39, 0.29) is 5.91 Å². The Hall–Kier alpha value is -2.03. The summed E-state index contributed by atoms with van der Waals surface area (Å²) in [5.41, 5.74) is 1.82. The van der Waals surface area contributed by atoms with E-state index in [0.717, 1.165) is 27.8 Å². The number of ether oxygens (including phenoxy) is 1. The van der Waals surface area contributed by atoms with Gasteiger partial charge in [0.1, 0.15) is 5.75 Å². The number of rotatable bonds is 9. The lowest BCUT2D eigenvalue weighted by atomic mass is 10.1. The van der Waals surface area contributed by atoms with Crippen molar-refractivity contribution >= 4 is 45.9 Å². The topological polar surface area (TPSA) is 64.1 Å². The van der Waals surface area contributed by atoms with Crippen molar-refractivity contribution in [2.24, 2.45) is 0 Å². The Morgan fingerprint density at radius 1 is 1.18 bits per heavy atom. The van der Waals surface area contributed by atoms with Crippen molar-refractivity contribution in [2.45, 2.75) is 22.1 Å². The van der Waals surface area contributed by atoms with Crippen LogP contribution in [0.25, 0.3) is 0 Å². The molecular weight excluding hydrogens is 410 g/mol. The number of hydrogen-bond acceptors (Lipinski definition) is 7. The van der Waals surface area contributed by atoms with Crippen molar-refractivity contribution < 1.29 is 9.53 Å². The number of thioether (sulfide) groups is 2. The molecule has 0 aliphatic carbocycles. The lowest BCUT2D eigenvalue weighted by Gasteiger charge is -2.09. The maximum atomic E-state index is 12.6. The van der Waals surface area contributed by atoms with Crippen molar-refractivity contribution in [3.05, 3.63) is 59.7 Å². The molecule has 0 aliphatic rings. The molecule has 0 fully saturated rings. The van der Waals surface area contributed by atoms with Crippen molar-refractivity contribution in [3.63, 3.8) is 0 Å². The van der Waals surface area contributed by atoms with Gasteiger partial charge in [-0.05, 0) is 42.9 Å². The SMILES string of the molecule is COc1cc(SC)ccc1C(=O)Nc1nnc(SCCCc2ccccc2)s1. The number of nitrogens with one attached hydrogen (secondary N) is 1. The zero-order valence-corrected chi connectivity index (χ0v) is 18.1. The summed E-state index contributed by atoms with van der Waals surface area (Å²) in [6.07, 6.45) is 4.09. The molecule has 0 aliphatic heterocycles. The molecule has 3 aromatic rings. The standard InChI is InChI=1S/C20H21N3O2S3/c1-25-17-13-15(26-2)10-11-16(17)18(24)21-19-22-23-20(28-19)27-12-6-9-14-7-4-3-5-8-14/h3-5,7-8,10-11,13H,6,9,12H2,1-2H3,(H,21,22,24). The fourth-order valence-corrected chi connectivity index (χ4v) is 4.74. The monoisotopic (exact) mass is 431 g/mol. The van der Waals surface area contributed by atoms with Crippen LogP contribution in [0.15, 0.2) is 57.8 Å². The molecule has 0 atom stereocenters. The molecule has 0 saturated carbocycles. The largest absolute Gasteiger partial charge is 0.496 e. The summed E-state index contributed by atoms with van der Waals surface area (Å²) in [5.74, 6) is 1.26. The molecule has 0 saturated heterocycles. The number of hydrogen-bond donors (Lipinski definition) is 1. The maximum Gasteiger partial charge on any atom is 0.261 e. The summed E-state index contributed by atoms with van der Waals surface area (Å²) in [4.78, 5) is 13.6. The van der Waals surface area contributed by atoms with Crippen LogP contribution in [0.3, 0.4) is 0 Å². The van der Waals surface area contributed by atoms with Gasteiger partial charge in [-0.1, -0.05) is 53.4 Å². The summed E-state index contributed by atoms with van der Waals surface area (Å²) in [7, 11) is 1.56. The number of benzene rings is 2. The van der Waals surface area contributed by atoms with E-state index in [1.54, 1.807) is 36.7 Å². The third kappa shape index (κ3) is 5.73. The minimum absolute atomic E-state index is 0.249. The van der Waals surface area contributed by atoms with Crippen LogP contribution in [-0.2, 0) is 6.42 Å². The summed E-state index contributed by atoms with van der Waals surface area (Å²) in [5, 5.41) is 11.5. The highest BCUT2D eigenvalue weighted by molar-refractivity contribution is 8.01. The first-order valence-electron chi connectivity index (χ1n) is 8.73. The predicted molar refractivity (Wildman–Crippen MR) is 118 cm³/mol. The van der Waals surface area contributed by atoms with Crippen LogP contribution < -0.4 is 10.1 Å². The molecule has 3 rings (SSSR count). The van der Waals surface area contributed by atoms with E-state index in [1.165, 1.54) is 16.9 Å². The summed E-state index contributed by atoms with van der Waals surface area (Å²) < 4.78 is 6.20. The minimum atomic E-state index is -0.249. The van der Waals surface area contributed by atoms with Crippen LogP contribution in [-0.4, -0.2) is 35.2 Å². The van der Waals surface area contributed by atoms with Gasteiger partial charge in [-0.15, -0.1) is 22.0 Å². The normalized spacial score (nSPS) is 10.6. The number of methoxy groups -OCH3 is 1. The van der Waals surface area contributed by atoms with Crippen molar-refractivity contribution in [2.75, 3.05) is 24.4 Å². The van der Waals surface area contributed by atoms with Gasteiger partial charge in [0.15, 0.2) is 4.34 Å². The van der Waals surface area contributed by atoms with Gasteiger partial charge in [0, 0.05) is 10.6 Å². The van der Waals surface area contributed by atoms with E-state index in [4.69, 9.17) is 4.74 Å². The predicted octanol–water partition coefficient (Wildman–Crippen LogP) is 5.25. The smallest absolute Gasteiger partial charge is 0.261 e. The summed E-state index contributed by atoms with van der Waals surface area (Å²) in [6, 6.07) is 16.0. The molecule has 0 bridgehead atoms. The van der Waals surface area contributed by atoms with Gasteiger partial charge in [0.25, 0.3) is 5.91 Å². The quantitative estimate of drug-likeness (QED) is 0.284. The fourth-order valence-electron chi connectivity index (χ4n) is 2.55. The van der Waals surface area contributed by atoms with Crippen LogP contribution in [0.2, 0.25) is 0 Å². The van der Waals surface area contributed by atoms with Crippen LogP contribution in [0.5, 0.6) is 5.75 Å². The average Bonchev–Trinajstić information content (AvgIpc) is 3.18. The number of carbonyl (C=O) groups is 1. The molecule has 146 valence electrons. The number of aryl methyl sites for hydroxylation is 1. The van der Waals surface area contributed by atoms with Gasteiger partial charge in [0.05, 0.1) is 12.7 Å². The molecule has 28 heavy (non-hydrogen) atoms. The molecule has 0 spiro atoms. The van der Waals surface area contributed by atoms with Gasteiger partial charge < -0.3 is 4.74 Å². The van der Waals surface area contributed by atoms with Crippen molar-refractivity contribution in [1.29, 1.82) is 0 Å². The first kappa shape index (κ1) is 20.7. The second-order valence-electron chi connectivity index (χ2n) is 5.83. The van der Waals surface area contributed by atoms with Gasteiger partial charge in [-0.25, -0.2) is 0 Å². The highest BCUT2D eigenvalue weighted by atomic mass is 32.2. The molecule has 2 aromatic carbocycles. The second-order valence-corrected chi connectivity index (χ2v) is 9.03. The maximum absolute atomic E-state index is 12.6. The summed E-state index contributed by atoms with van der Waals surface area (Å²) >= 11 is 4.65. The molecule has 1 N–H and O–H groups in total. The number of nitrogens with zero attached hydrogens (tertiary/aromatic N) is 2. The number of carbonyl (C=O) groups excluding carboxylic acids is 1. The minimum Gasteiger partial charge on any atom is -0.496 e. The lowest BCUT2D eigenvalue weighted by molar-refractivity contribution is 0.102. The van der Waals surface area contributed by atoms with Crippen molar-refractivity contribution in [1.82, 2.24) is 10.2 Å². The third-order valence-corrected chi connectivity index (χ3v) is 6.74. The van der Waals surface area contributed by atoms with E-state index >= 15 is 0 Å². The van der Waals surface area contributed by atoms with Gasteiger partial charge in [0.2, 0.25) is 5.13 Å². The van der Waals surface area contributed by atoms with Crippen LogP contribution in [0.4, 0.5) is 5.13 Å². The molecule has 5 nitrogen and oxygen atoms in total. The van der Waals surface area contributed by atoms with E-state index in [2.05, 4.69) is 39.8 Å². The van der Waals surface area contributed by atoms with Gasteiger partial charge in [-0.3, -0.25) is 10.1 Å². The van der Waals surface area contributed by atoms with Crippen LogP contribution in [0, 0.1) is 0 Å². The van der Waals surface area contributed by atoms with E-state index < -0.39 is 0 Å². The van der Waals surface area contributed by atoms with E-state index in [0.29, 0.717) is 16.4 Å². The Bertz CT molecular complexity index is 916. The Balaban J connectivity index is 1.52. The molecule has 1 heterocycles. The average molecular weight is 432 g/mol. The molecule has 0 unspecified atom stereocenters. The second kappa shape index (κ2) is 10.5. The lowest BCUT2D eigenvalue weighted by Crippen LogP contribution is -2.13. The third-order valence-electron chi connectivity index (χ3n) is 3.96. The number of anilines is 1. The first-order valence-corrected chi connectivity index (χ1v) is 11.8. The Morgan fingerprint density at radius 2 is 2.00 bits per heavy atom. The summed E-state index contributed by atoms with van der Waals surface area (Å²) in [6.45, 7) is 0. The molecule has 1 amide bonds. The van der Waals surface area contributed by atoms with Gasteiger partial charge >= 0.3 is 0 Å². The molecule has 1 aromatic heterocycles. The first-order chi connectivity index (χ1) is 13.7. The molecule has 0 radical (unpaired) electrons. The Morgan fingerprint density at radius 3 is 2.75 bits per heavy atom. The zero-order valence-electron chi connectivity index (χ0n) is 15.7. The highest BCUT2D eigenvalue weighted by Gasteiger charge is 2.15. The van der Waals surface area contributed by atoms with E-state index in [1.807, 2.05) is 24.5 Å². The van der Waals surface area contributed by atoms with Crippen LogP contribution >= 0.6 is 34.9 Å². The number of amides is 1. The van der Waals surface area contributed by atoms with Gasteiger partial charge in [-0.2, -0.15) is 0 Å². The Kier molecular flexibility index (Phi) is 7.76. The fraction of sp³-hybridized carbons (Fsp3) is 0.250. The zero-order chi connectivity index (χ0) is 19.8. The molecular formula is C20H21N3O2S3. The highest BCUT2D eigenvalue weighted by Crippen LogP contribution is 2.29. The molecule has 8 heteroatoms. The van der Waals surface area contributed by atoms with E-state index in [9.17, 15) is 4.79 Å². The van der Waals surface area contributed by atoms with Crippen molar-refractivity contribution in [3.8, 4) is 5.75 Å². The number of aromatic nitrogens is 2. The Labute approximate surface area is 177 Å².